The second kappa shape index (κ2) is 6.93. The van der Waals surface area contributed by atoms with Gasteiger partial charge in [-0.15, -0.1) is 0 Å². The Morgan fingerprint density at radius 3 is 2.74 bits per heavy atom. The van der Waals surface area contributed by atoms with Crippen molar-refractivity contribution in [2.75, 3.05) is 0 Å². The lowest BCUT2D eigenvalue weighted by Gasteiger charge is -2.39. The van der Waals surface area contributed by atoms with Crippen LogP contribution in [0.25, 0.3) is 0 Å². The molecule has 2 fully saturated rings. The number of hydrogen-bond donors (Lipinski definition) is 2. The van der Waals surface area contributed by atoms with E-state index in [9.17, 15) is 9.59 Å². The van der Waals surface area contributed by atoms with Crippen molar-refractivity contribution in [3.63, 3.8) is 0 Å². The maximum atomic E-state index is 12.4. The Labute approximate surface area is 139 Å². The zero-order valence-electron chi connectivity index (χ0n) is 14.8. The molecule has 1 aliphatic carbocycles. The van der Waals surface area contributed by atoms with Gasteiger partial charge < -0.3 is 15.4 Å². The van der Waals surface area contributed by atoms with E-state index < -0.39 is 11.6 Å². The topological polar surface area (TPSA) is 67.4 Å². The van der Waals surface area contributed by atoms with Crippen molar-refractivity contribution in [2.24, 2.45) is 17.8 Å². The summed E-state index contributed by atoms with van der Waals surface area (Å²) in [4.78, 5) is 23.8. The molecule has 0 unspecified atom stereocenters. The van der Waals surface area contributed by atoms with E-state index in [0.29, 0.717) is 36.3 Å². The minimum absolute atomic E-state index is 0.0335. The van der Waals surface area contributed by atoms with Crippen molar-refractivity contribution < 1.29 is 14.3 Å². The van der Waals surface area contributed by atoms with Gasteiger partial charge in [0.25, 0.3) is 0 Å². The van der Waals surface area contributed by atoms with Crippen molar-refractivity contribution in [2.45, 2.75) is 71.4 Å². The van der Waals surface area contributed by atoms with Crippen LogP contribution in [0.5, 0.6) is 0 Å². The number of alkyl carbamates (subject to hydrolysis) is 1. The highest BCUT2D eigenvalue weighted by Gasteiger charge is 2.38. The van der Waals surface area contributed by atoms with Crippen LogP contribution in [0.3, 0.4) is 0 Å². The highest BCUT2D eigenvalue weighted by molar-refractivity contribution is 5.80. The average molecular weight is 322 g/mol. The molecular formula is C18H30N2O3. The number of amides is 2. The molecule has 1 saturated carbocycles. The number of carbonyl (C=O) groups is 2. The molecule has 4 atom stereocenters. The number of piperidine rings is 1. The number of hydrogen-bond acceptors (Lipinski definition) is 3. The first-order valence-electron chi connectivity index (χ1n) is 8.69. The molecule has 23 heavy (non-hydrogen) atoms. The molecule has 0 aromatic heterocycles. The SMILES string of the molecule is C=C1NC(=O)CC[C@@]1(C)NC(=O)O[C@@H]1C[C@H](C)CC[C@H]1C(C)C. The van der Waals surface area contributed by atoms with Crippen molar-refractivity contribution in [1.29, 1.82) is 0 Å². The van der Waals surface area contributed by atoms with Gasteiger partial charge in [-0.25, -0.2) is 4.79 Å². The van der Waals surface area contributed by atoms with E-state index in [0.717, 1.165) is 12.8 Å². The molecule has 5 nitrogen and oxygen atoms in total. The molecule has 2 amide bonds. The van der Waals surface area contributed by atoms with Crippen molar-refractivity contribution >= 4 is 12.0 Å². The Bertz CT molecular complexity index is 489. The molecule has 2 aliphatic rings. The summed E-state index contributed by atoms with van der Waals surface area (Å²) in [6, 6.07) is 0. The van der Waals surface area contributed by atoms with Gasteiger partial charge in [-0.1, -0.05) is 33.8 Å². The predicted octanol–water partition coefficient (Wildman–Crippen LogP) is 3.36. The van der Waals surface area contributed by atoms with E-state index in [-0.39, 0.29) is 12.0 Å². The fraction of sp³-hybridized carbons (Fsp3) is 0.778. The first-order chi connectivity index (χ1) is 10.7. The van der Waals surface area contributed by atoms with E-state index in [1.54, 1.807) is 0 Å². The zero-order valence-corrected chi connectivity index (χ0v) is 14.8. The van der Waals surface area contributed by atoms with Crippen LogP contribution in [0.1, 0.15) is 59.8 Å². The maximum absolute atomic E-state index is 12.4. The maximum Gasteiger partial charge on any atom is 0.408 e. The van der Waals surface area contributed by atoms with Crippen LogP contribution >= 0.6 is 0 Å². The molecule has 0 aromatic carbocycles. The number of ether oxygens (including phenoxy) is 1. The Morgan fingerprint density at radius 1 is 1.43 bits per heavy atom. The number of carbonyl (C=O) groups excluding carboxylic acids is 2. The predicted molar refractivity (Wildman–Crippen MR) is 89.7 cm³/mol. The number of nitrogens with one attached hydrogen (secondary N) is 2. The van der Waals surface area contributed by atoms with Crippen molar-refractivity contribution in [3.8, 4) is 0 Å². The van der Waals surface area contributed by atoms with Gasteiger partial charge in [0.1, 0.15) is 6.10 Å². The fourth-order valence-corrected chi connectivity index (χ4v) is 3.66. The third kappa shape index (κ3) is 4.27. The number of rotatable bonds is 3. The highest BCUT2D eigenvalue weighted by atomic mass is 16.6. The molecule has 2 N–H and O–H groups in total. The summed E-state index contributed by atoms with van der Waals surface area (Å²) in [5, 5.41) is 5.62. The van der Waals surface area contributed by atoms with E-state index in [1.165, 1.54) is 6.42 Å². The second-order valence-electron chi connectivity index (χ2n) is 7.75. The molecule has 5 heteroatoms. The van der Waals surface area contributed by atoms with Crippen LogP contribution in [-0.4, -0.2) is 23.6 Å². The van der Waals surface area contributed by atoms with Crippen LogP contribution < -0.4 is 10.6 Å². The average Bonchev–Trinajstić information content (AvgIpc) is 2.43. The molecular weight excluding hydrogens is 292 g/mol. The lowest BCUT2D eigenvalue weighted by molar-refractivity contribution is -0.122. The molecule has 0 radical (unpaired) electrons. The van der Waals surface area contributed by atoms with Gasteiger partial charge in [-0.2, -0.15) is 0 Å². The second-order valence-corrected chi connectivity index (χ2v) is 7.75. The molecule has 1 aliphatic heterocycles. The first-order valence-corrected chi connectivity index (χ1v) is 8.69. The van der Waals surface area contributed by atoms with Crippen LogP contribution in [0.4, 0.5) is 4.79 Å². The van der Waals surface area contributed by atoms with Gasteiger partial charge in [0.2, 0.25) is 5.91 Å². The van der Waals surface area contributed by atoms with Crippen LogP contribution in [0, 0.1) is 17.8 Å². The summed E-state index contributed by atoms with van der Waals surface area (Å²) in [5.74, 6) is 1.45. The van der Waals surface area contributed by atoms with Gasteiger partial charge in [-0.05, 0) is 43.9 Å². The Morgan fingerprint density at radius 2 is 2.13 bits per heavy atom. The quantitative estimate of drug-likeness (QED) is 0.837. The summed E-state index contributed by atoms with van der Waals surface area (Å²) in [5.41, 5.74) is -0.110. The highest BCUT2D eigenvalue weighted by Crippen LogP contribution is 2.35. The van der Waals surface area contributed by atoms with Gasteiger partial charge >= 0.3 is 6.09 Å². The normalized spacial score (nSPS) is 34.9. The minimum Gasteiger partial charge on any atom is -0.446 e. The zero-order chi connectivity index (χ0) is 17.2. The molecule has 0 spiro atoms. The molecule has 0 aromatic rings. The molecule has 1 saturated heterocycles. The largest absolute Gasteiger partial charge is 0.446 e. The first kappa shape index (κ1) is 17.8. The van der Waals surface area contributed by atoms with Crippen LogP contribution in [-0.2, 0) is 9.53 Å². The van der Waals surface area contributed by atoms with E-state index in [2.05, 4.69) is 38.0 Å². The van der Waals surface area contributed by atoms with E-state index in [4.69, 9.17) is 4.74 Å². The van der Waals surface area contributed by atoms with Crippen LogP contribution in [0.15, 0.2) is 12.3 Å². The molecule has 130 valence electrons. The van der Waals surface area contributed by atoms with Gasteiger partial charge in [0.15, 0.2) is 0 Å². The minimum atomic E-state index is -0.640. The Kier molecular flexibility index (Phi) is 5.37. The Hall–Kier alpha value is -1.52. The third-order valence-electron chi connectivity index (χ3n) is 5.41. The molecule has 0 bridgehead atoms. The monoisotopic (exact) mass is 322 g/mol. The summed E-state index contributed by atoms with van der Waals surface area (Å²) < 4.78 is 5.77. The third-order valence-corrected chi connectivity index (χ3v) is 5.41. The van der Waals surface area contributed by atoms with Crippen molar-refractivity contribution in [1.82, 2.24) is 10.6 Å². The Balaban J connectivity index is 1.97. The lowest BCUT2D eigenvalue weighted by Crippen LogP contribution is -2.55. The summed E-state index contributed by atoms with van der Waals surface area (Å²) >= 11 is 0. The lowest BCUT2D eigenvalue weighted by atomic mass is 9.75. The molecule has 1 heterocycles. The summed E-state index contributed by atoms with van der Waals surface area (Å²) in [6.45, 7) is 12.3. The van der Waals surface area contributed by atoms with Gasteiger partial charge in [-0.3, -0.25) is 4.79 Å². The van der Waals surface area contributed by atoms with Crippen molar-refractivity contribution in [3.05, 3.63) is 12.3 Å². The van der Waals surface area contributed by atoms with E-state index >= 15 is 0 Å². The summed E-state index contributed by atoms with van der Waals surface area (Å²) in [6.07, 6.45) is 3.71. The van der Waals surface area contributed by atoms with E-state index in [1.807, 2.05) is 6.92 Å². The summed E-state index contributed by atoms with van der Waals surface area (Å²) in [7, 11) is 0. The standard InChI is InChI=1S/C18H30N2O3/c1-11(2)14-7-6-12(3)10-15(14)23-17(22)20-18(5)9-8-16(21)19-13(18)4/h11-12,14-15H,4,6-10H2,1-3,5H3,(H,19,21)(H,20,22)/t12-,14+,15-,18-/m1/s1. The van der Waals surface area contributed by atoms with Crippen LogP contribution in [0.2, 0.25) is 0 Å². The molecule has 2 rings (SSSR count). The fourth-order valence-electron chi connectivity index (χ4n) is 3.66. The van der Waals surface area contributed by atoms with Gasteiger partial charge in [0, 0.05) is 12.1 Å². The van der Waals surface area contributed by atoms with Gasteiger partial charge in [0.05, 0.1) is 5.54 Å². The smallest absolute Gasteiger partial charge is 0.408 e.